The van der Waals surface area contributed by atoms with E-state index in [-0.39, 0.29) is 5.54 Å². The second-order valence-corrected chi connectivity index (χ2v) is 8.15. The topological polar surface area (TPSA) is 28.4 Å². The third-order valence-corrected chi connectivity index (χ3v) is 4.21. The van der Waals surface area contributed by atoms with Gasteiger partial charge >= 0.3 is 0 Å². The second kappa shape index (κ2) is 6.97. The molecule has 21 heavy (non-hydrogen) atoms. The fourth-order valence-electron chi connectivity index (χ4n) is 1.98. The van der Waals surface area contributed by atoms with E-state index in [4.69, 9.17) is 16.0 Å². The van der Waals surface area contributed by atoms with E-state index in [2.05, 4.69) is 50.2 Å². The number of hydrogen-bond donors (Lipinski definition) is 1. The zero-order valence-electron chi connectivity index (χ0n) is 13.1. The Labute approximate surface area is 135 Å². The van der Waals surface area contributed by atoms with Gasteiger partial charge in [-0.25, -0.2) is 0 Å². The molecule has 2 aromatic heterocycles. The summed E-state index contributed by atoms with van der Waals surface area (Å²) in [6.07, 6.45) is 0. The normalized spacial score (nSPS) is 12.3. The lowest BCUT2D eigenvalue weighted by atomic mass is 10.1. The predicted molar refractivity (Wildman–Crippen MR) is 89.8 cm³/mol. The summed E-state index contributed by atoms with van der Waals surface area (Å²) < 4.78 is 6.71. The van der Waals surface area contributed by atoms with Crippen molar-refractivity contribution in [1.29, 1.82) is 0 Å². The molecular formula is C16H23ClN2OS. The van der Waals surface area contributed by atoms with Gasteiger partial charge in [-0.1, -0.05) is 11.6 Å². The van der Waals surface area contributed by atoms with Gasteiger partial charge < -0.3 is 9.73 Å². The fourth-order valence-corrected chi connectivity index (χ4v) is 3.15. The van der Waals surface area contributed by atoms with Gasteiger partial charge in [-0.2, -0.15) is 0 Å². The summed E-state index contributed by atoms with van der Waals surface area (Å²) in [5, 5.41) is 3.43. The number of hydrogen-bond acceptors (Lipinski definition) is 4. The van der Waals surface area contributed by atoms with E-state index in [1.165, 1.54) is 4.88 Å². The van der Waals surface area contributed by atoms with Gasteiger partial charge in [0.15, 0.2) is 0 Å². The van der Waals surface area contributed by atoms with Crippen LogP contribution in [0.4, 0.5) is 0 Å². The highest BCUT2D eigenvalue weighted by Gasteiger charge is 2.11. The van der Waals surface area contributed by atoms with Crippen molar-refractivity contribution in [3.8, 4) is 0 Å². The minimum absolute atomic E-state index is 0.0994. The van der Waals surface area contributed by atoms with E-state index in [0.717, 1.165) is 35.5 Å². The smallest absolute Gasteiger partial charge is 0.118 e. The molecule has 0 saturated heterocycles. The average Bonchev–Trinajstić information content (AvgIpc) is 2.95. The van der Waals surface area contributed by atoms with E-state index < -0.39 is 0 Å². The standard InChI is InChI=1S/C16H23ClN2OS/c1-16(2,3)18-9-12-5-6-13(20-12)10-19(4)11-14-7-8-15(17)21-14/h5-8,18H,9-11H2,1-4H3. The quantitative estimate of drug-likeness (QED) is 0.846. The minimum Gasteiger partial charge on any atom is -0.463 e. The Bertz CT molecular complexity index is 571. The molecule has 0 aromatic carbocycles. The first-order valence-corrected chi connectivity index (χ1v) is 8.27. The molecule has 1 N–H and O–H groups in total. The van der Waals surface area contributed by atoms with Gasteiger partial charge in [0.05, 0.1) is 17.4 Å². The number of nitrogens with zero attached hydrogens (tertiary/aromatic N) is 1. The summed E-state index contributed by atoms with van der Waals surface area (Å²) in [4.78, 5) is 3.49. The van der Waals surface area contributed by atoms with Crippen LogP contribution in [-0.2, 0) is 19.6 Å². The van der Waals surface area contributed by atoms with Crippen molar-refractivity contribution in [2.75, 3.05) is 7.05 Å². The van der Waals surface area contributed by atoms with Gasteiger partial charge in [0.25, 0.3) is 0 Å². The van der Waals surface area contributed by atoms with Gasteiger partial charge in [0.1, 0.15) is 11.5 Å². The zero-order chi connectivity index (χ0) is 15.5. The highest BCUT2D eigenvalue weighted by molar-refractivity contribution is 7.16. The highest BCUT2D eigenvalue weighted by atomic mass is 35.5. The lowest BCUT2D eigenvalue weighted by Crippen LogP contribution is -2.34. The maximum Gasteiger partial charge on any atom is 0.118 e. The first-order chi connectivity index (χ1) is 9.82. The molecule has 0 amide bonds. The summed E-state index contributed by atoms with van der Waals surface area (Å²) >= 11 is 7.58. The van der Waals surface area contributed by atoms with Crippen LogP contribution in [-0.4, -0.2) is 17.5 Å². The maximum absolute atomic E-state index is 5.95. The Balaban J connectivity index is 1.84. The van der Waals surface area contributed by atoms with Crippen LogP contribution in [0, 0.1) is 0 Å². The lowest BCUT2D eigenvalue weighted by Gasteiger charge is -2.19. The molecule has 2 heterocycles. The fraction of sp³-hybridized carbons (Fsp3) is 0.500. The molecule has 5 heteroatoms. The molecule has 0 aliphatic carbocycles. The van der Waals surface area contributed by atoms with E-state index in [1.54, 1.807) is 11.3 Å². The molecule has 2 rings (SSSR count). The van der Waals surface area contributed by atoms with Gasteiger partial charge in [-0.15, -0.1) is 11.3 Å². The van der Waals surface area contributed by atoms with Crippen molar-refractivity contribution in [3.63, 3.8) is 0 Å². The van der Waals surface area contributed by atoms with E-state index in [0.29, 0.717) is 0 Å². The summed E-state index contributed by atoms with van der Waals surface area (Å²) in [6.45, 7) is 8.89. The Morgan fingerprint density at radius 1 is 1.14 bits per heavy atom. The summed E-state index contributed by atoms with van der Waals surface area (Å²) in [6, 6.07) is 8.12. The van der Waals surface area contributed by atoms with Crippen molar-refractivity contribution in [2.45, 2.75) is 45.9 Å². The average molecular weight is 327 g/mol. The molecular weight excluding hydrogens is 304 g/mol. The molecule has 2 aromatic rings. The van der Waals surface area contributed by atoms with Crippen LogP contribution in [0.3, 0.4) is 0 Å². The Morgan fingerprint density at radius 2 is 1.86 bits per heavy atom. The van der Waals surface area contributed by atoms with Gasteiger partial charge in [-0.3, -0.25) is 4.90 Å². The summed E-state index contributed by atoms with van der Waals surface area (Å²) in [7, 11) is 2.09. The molecule has 116 valence electrons. The first kappa shape index (κ1) is 16.6. The Hall–Kier alpha value is -0.810. The largest absolute Gasteiger partial charge is 0.463 e. The van der Waals surface area contributed by atoms with Crippen LogP contribution in [0.25, 0.3) is 0 Å². The number of nitrogens with one attached hydrogen (secondary N) is 1. The van der Waals surface area contributed by atoms with Crippen molar-refractivity contribution in [2.24, 2.45) is 0 Å². The summed E-state index contributed by atoms with van der Waals surface area (Å²) in [5.41, 5.74) is 0.0994. The second-order valence-electron chi connectivity index (χ2n) is 6.35. The van der Waals surface area contributed by atoms with Crippen LogP contribution in [0.1, 0.15) is 37.2 Å². The molecule has 0 atom stereocenters. The maximum atomic E-state index is 5.95. The number of rotatable bonds is 6. The van der Waals surface area contributed by atoms with Crippen molar-refractivity contribution in [1.82, 2.24) is 10.2 Å². The van der Waals surface area contributed by atoms with Crippen LogP contribution >= 0.6 is 22.9 Å². The third-order valence-electron chi connectivity index (χ3n) is 2.99. The zero-order valence-corrected chi connectivity index (χ0v) is 14.6. The van der Waals surface area contributed by atoms with E-state index in [1.807, 2.05) is 12.1 Å². The molecule has 0 spiro atoms. The first-order valence-electron chi connectivity index (χ1n) is 7.07. The lowest BCUT2D eigenvalue weighted by molar-refractivity contribution is 0.282. The minimum atomic E-state index is 0.0994. The van der Waals surface area contributed by atoms with Crippen LogP contribution in [0.2, 0.25) is 4.34 Å². The predicted octanol–water partition coefficient (Wildman–Crippen LogP) is 4.51. The van der Waals surface area contributed by atoms with Crippen molar-refractivity contribution < 1.29 is 4.42 Å². The summed E-state index contributed by atoms with van der Waals surface area (Å²) in [5.74, 6) is 1.97. The van der Waals surface area contributed by atoms with Crippen LogP contribution in [0.15, 0.2) is 28.7 Å². The number of furan rings is 1. The molecule has 0 aliphatic heterocycles. The van der Waals surface area contributed by atoms with Gasteiger partial charge in [-0.05, 0) is 52.1 Å². The van der Waals surface area contributed by atoms with Crippen LogP contribution in [0.5, 0.6) is 0 Å². The molecule has 0 fully saturated rings. The Kier molecular flexibility index (Phi) is 5.49. The molecule has 0 aliphatic rings. The number of thiophene rings is 1. The third kappa shape index (κ3) is 5.83. The molecule has 0 radical (unpaired) electrons. The van der Waals surface area contributed by atoms with Crippen LogP contribution < -0.4 is 5.32 Å². The molecule has 0 bridgehead atoms. The molecule has 3 nitrogen and oxygen atoms in total. The van der Waals surface area contributed by atoms with E-state index >= 15 is 0 Å². The highest BCUT2D eigenvalue weighted by Crippen LogP contribution is 2.23. The van der Waals surface area contributed by atoms with Crippen molar-refractivity contribution in [3.05, 3.63) is 45.0 Å². The van der Waals surface area contributed by atoms with Gasteiger partial charge in [0.2, 0.25) is 0 Å². The SMILES string of the molecule is CN(Cc1ccc(CNC(C)(C)C)o1)Cc1ccc(Cl)s1. The molecule has 0 unspecified atom stereocenters. The van der Waals surface area contributed by atoms with Crippen molar-refractivity contribution >= 4 is 22.9 Å². The Morgan fingerprint density at radius 3 is 2.48 bits per heavy atom. The van der Waals surface area contributed by atoms with E-state index in [9.17, 15) is 0 Å². The number of halogens is 1. The van der Waals surface area contributed by atoms with Gasteiger partial charge in [0, 0.05) is 17.0 Å². The monoisotopic (exact) mass is 326 g/mol. The molecule has 0 saturated carbocycles.